The predicted molar refractivity (Wildman–Crippen MR) is 170 cm³/mol. The van der Waals surface area contributed by atoms with Gasteiger partial charge in [0.25, 0.3) is 0 Å². The summed E-state index contributed by atoms with van der Waals surface area (Å²) in [6.07, 6.45) is -9.12. The van der Waals surface area contributed by atoms with Crippen molar-refractivity contribution in [2.24, 2.45) is 5.73 Å². The van der Waals surface area contributed by atoms with Crippen molar-refractivity contribution in [1.82, 2.24) is 15.2 Å². The van der Waals surface area contributed by atoms with Crippen LogP contribution < -0.4 is 11.1 Å². The van der Waals surface area contributed by atoms with Crippen molar-refractivity contribution in [3.8, 4) is 10.6 Å². The molecule has 1 heterocycles. The van der Waals surface area contributed by atoms with Crippen molar-refractivity contribution >= 4 is 17.2 Å². The summed E-state index contributed by atoms with van der Waals surface area (Å²) in [6, 6.07) is 8.19. The number of nitrogens with zero attached hydrogens (tertiary/aromatic N) is 2. The van der Waals surface area contributed by atoms with Gasteiger partial charge in [0.1, 0.15) is 41.6 Å². The van der Waals surface area contributed by atoms with E-state index in [9.17, 15) is 45.6 Å². The monoisotopic (exact) mass is 674 g/mol. The molecule has 13 N–H and O–H groups in total. The van der Waals surface area contributed by atoms with Crippen molar-refractivity contribution < 1.29 is 55.9 Å². The van der Waals surface area contributed by atoms with Crippen molar-refractivity contribution in [2.45, 2.75) is 80.9 Å². The Balaban J connectivity index is 1.92. The summed E-state index contributed by atoms with van der Waals surface area (Å²) in [4.78, 5) is 19.3. The maximum Gasteiger partial charge on any atom is 0.220 e. The molecule has 1 aromatic heterocycles. The molecule has 1 amide bonds. The molecule has 0 saturated heterocycles. The molecular weight excluding hydrogens is 624 g/mol. The number of carbonyl (C=O) groups excluding carboxylic acids is 1. The fourth-order valence-corrected chi connectivity index (χ4v) is 5.57. The molecule has 262 valence electrons. The van der Waals surface area contributed by atoms with E-state index in [1.54, 1.807) is 6.20 Å². The molecule has 2 aromatic rings. The highest BCUT2D eigenvalue weighted by atomic mass is 32.1. The summed E-state index contributed by atoms with van der Waals surface area (Å²) in [5.41, 5.74) is 7.78. The molecule has 0 aliphatic carbocycles. The molecule has 0 spiro atoms. The predicted octanol–water partition coefficient (Wildman–Crippen LogP) is -3.69. The van der Waals surface area contributed by atoms with E-state index in [-0.39, 0.29) is 25.4 Å². The van der Waals surface area contributed by atoms with Gasteiger partial charge in [-0.25, -0.2) is 4.98 Å². The maximum atomic E-state index is 12.6. The molecule has 8 atom stereocenters. The van der Waals surface area contributed by atoms with E-state index in [1.165, 1.54) is 21.8 Å². The minimum atomic E-state index is -1.90. The van der Waals surface area contributed by atoms with Crippen LogP contribution in [0, 0.1) is 0 Å². The number of amides is 1. The second kappa shape index (κ2) is 20.9. The second-order valence-corrected chi connectivity index (χ2v) is 12.4. The van der Waals surface area contributed by atoms with Gasteiger partial charge < -0.3 is 62.1 Å². The number of carbonyl (C=O) groups is 1. The number of aromatic nitrogens is 1. The topological polar surface area (TPSA) is 274 Å². The lowest BCUT2D eigenvalue weighted by atomic mass is 10.0. The summed E-state index contributed by atoms with van der Waals surface area (Å²) in [6.45, 7) is -1.93. The van der Waals surface area contributed by atoms with Gasteiger partial charge in [-0.2, -0.15) is 0 Å². The molecule has 15 nitrogen and oxygen atoms in total. The molecule has 2 rings (SSSR count). The zero-order valence-corrected chi connectivity index (χ0v) is 26.6. The van der Waals surface area contributed by atoms with E-state index in [0.717, 1.165) is 34.7 Å². The number of aryl methyl sites for hydroxylation is 2. The first kappa shape index (κ1) is 40.0. The lowest BCUT2D eigenvalue weighted by Crippen LogP contribution is -2.54. The molecule has 0 saturated carbocycles. The van der Waals surface area contributed by atoms with E-state index in [1.807, 2.05) is 12.1 Å². The molecule has 1 aromatic carbocycles. The fraction of sp³-hybridized carbons (Fsp3) is 0.667. The van der Waals surface area contributed by atoms with Crippen LogP contribution >= 0.6 is 11.3 Å². The SMILES string of the molecule is NCCCCc1ccc(-c2ncc(CCC(=O)NCCN(C[C@H](O)[C@@H](O)[C@H](O)[C@H](O)CO)C[C@H](O)[C@@H](O)[C@H](O)[C@H](O)CO)s2)cc1. The van der Waals surface area contributed by atoms with Crippen LogP contribution in [0.2, 0.25) is 0 Å². The van der Waals surface area contributed by atoms with Crippen LogP contribution in [0.1, 0.15) is 29.7 Å². The van der Waals surface area contributed by atoms with Gasteiger partial charge in [-0.05, 0) is 37.8 Å². The molecular formula is C30H50N4O11S. The first-order valence-electron chi connectivity index (χ1n) is 15.3. The second-order valence-electron chi connectivity index (χ2n) is 11.3. The third-order valence-corrected chi connectivity index (χ3v) is 8.67. The average molecular weight is 675 g/mol. The largest absolute Gasteiger partial charge is 0.394 e. The number of thiazole rings is 1. The number of unbranched alkanes of at least 4 members (excludes halogenated alkanes) is 1. The van der Waals surface area contributed by atoms with E-state index in [0.29, 0.717) is 13.0 Å². The van der Waals surface area contributed by atoms with Gasteiger partial charge in [-0.3, -0.25) is 9.69 Å². The summed E-state index contributed by atoms with van der Waals surface area (Å²) < 4.78 is 0. The van der Waals surface area contributed by atoms with Crippen molar-refractivity contribution in [2.75, 3.05) is 45.9 Å². The highest BCUT2D eigenvalue weighted by molar-refractivity contribution is 7.15. The molecule has 0 bridgehead atoms. The average Bonchev–Trinajstić information content (AvgIpc) is 3.54. The molecule has 16 heteroatoms. The van der Waals surface area contributed by atoms with Crippen LogP contribution in [0.15, 0.2) is 30.5 Å². The van der Waals surface area contributed by atoms with Gasteiger partial charge in [0.15, 0.2) is 0 Å². The number of aliphatic hydroxyl groups excluding tert-OH is 10. The summed E-state index contributed by atoms with van der Waals surface area (Å²) in [7, 11) is 0. The Morgan fingerprint density at radius 3 is 1.87 bits per heavy atom. The smallest absolute Gasteiger partial charge is 0.220 e. The van der Waals surface area contributed by atoms with E-state index >= 15 is 0 Å². The minimum Gasteiger partial charge on any atom is -0.394 e. The van der Waals surface area contributed by atoms with Crippen molar-refractivity contribution in [3.05, 3.63) is 40.9 Å². The Labute approximate surface area is 272 Å². The van der Waals surface area contributed by atoms with Gasteiger partial charge in [0, 0.05) is 49.2 Å². The number of hydrogen-bond donors (Lipinski definition) is 12. The standard InChI is InChI=1S/C30H50N4O11S/c31-10-2-1-3-18-4-6-19(7-5-18)30-33-13-20(46-30)8-9-25(41)32-11-12-34(14-21(37)26(42)28(44)23(39)16-35)15-22(38)27(43)29(45)24(40)17-36/h4-7,13,21-24,26-29,35-40,42-45H,1-3,8-12,14-17,31H2,(H,32,41)/t21-,22-,23+,24+,26+,27+,28+,29+/m0/s1. The minimum absolute atomic E-state index is 0.0136. The number of aliphatic hydroxyl groups is 10. The lowest BCUT2D eigenvalue weighted by Gasteiger charge is -2.33. The number of benzene rings is 1. The van der Waals surface area contributed by atoms with Gasteiger partial charge in [-0.15, -0.1) is 11.3 Å². The van der Waals surface area contributed by atoms with Crippen LogP contribution in [0.5, 0.6) is 0 Å². The van der Waals surface area contributed by atoms with Gasteiger partial charge >= 0.3 is 0 Å². The zero-order chi connectivity index (χ0) is 34.2. The molecule has 0 unspecified atom stereocenters. The van der Waals surface area contributed by atoms with Crippen LogP contribution in [0.3, 0.4) is 0 Å². The van der Waals surface area contributed by atoms with Crippen LogP contribution in [-0.2, 0) is 17.6 Å². The fourth-order valence-electron chi connectivity index (χ4n) is 4.65. The van der Waals surface area contributed by atoms with E-state index in [4.69, 9.17) is 15.9 Å². The molecule has 0 aliphatic heterocycles. The molecule has 0 aliphatic rings. The van der Waals surface area contributed by atoms with Crippen molar-refractivity contribution in [1.29, 1.82) is 0 Å². The zero-order valence-electron chi connectivity index (χ0n) is 25.8. The first-order chi connectivity index (χ1) is 21.9. The lowest BCUT2D eigenvalue weighted by molar-refractivity contribution is -0.130. The molecule has 46 heavy (non-hydrogen) atoms. The first-order valence-corrected chi connectivity index (χ1v) is 16.1. The van der Waals surface area contributed by atoms with Crippen LogP contribution in [-0.4, -0.2) is 162 Å². The number of nitrogens with two attached hydrogens (primary N) is 1. The Hall–Kier alpha value is -2.16. The summed E-state index contributed by atoms with van der Waals surface area (Å²) in [5, 5.41) is 102. The maximum absolute atomic E-state index is 12.6. The highest BCUT2D eigenvalue weighted by Crippen LogP contribution is 2.26. The Morgan fingerprint density at radius 1 is 0.804 bits per heavy atom. The van der Waals surface area contributed by atoms with Gasteiger partial charge in [0.2, 0.25) is 5.91 Å². The van der Waals surface area contributed by atoms with Crippen LogP contribution in [0.25, 0.3) is 10.6 Å². The highest BCUT2D eigenvalue weighted by Gasteiger charge is 2.34. The third-order valence-electron chi connectivity index (χ3n) is 7.56. The number of nitrogens with one attached hydrogen (secondary N) is 1. The molecule has 0 fully saturated rings. The Bertz CT molecular complexity index is 1100. The summed E-state index contributed by atoms with van der Waals surface area (Å²) in [5.74, 6) is -0.291. The van der Waals surface area contributed by atoms with Gasteiger partial charge in [0.05, 0.1) is 25.4 Å². The Kier molecular flexibility index (Phi) is 18.2. The van der Waals surface area contributed by atoms with Crippen molar-refractivity contribution in [3.63, 3.8) is 0 Å². The van der Waals surface area contributed by atoms with E-state index < -0.39 is 75.1 Å². The van der Waals surface area contributed by atoms with E-state index in [2.05, 4.69) is 22.4 Å². The van der Waals surface area contributed by atoms with Crippen LogP contribution in [0.4, 0.5) is 0 Å². The quantitative estimate of drug-likeness (QED) is 0.0506. The molecule has 0 radical (unpaired) electrons. The number of hydrogen-bond acceptors (Lipinski definition) is 15. The number of rotatable bonds is 23. The third kappa shape index (κ3) is 13.2. The summed E-state index contributed by atoms with van der Waals surface area (Å²) >= 11 is 1.49. The normalized spacial score (nSPS) is 17.2. The Morgan fingerprint density at radius 2 is 1.35 bits per heavy atom. The van der Waals surface area contributed by atoms with Gasteiger partial charge in [-0.1, -0.05) is 24.3 Å².